The molecule has 0 amide bonds. The summed E-state index contributed by atoms with van der Waals surface area (Å²) in [6, 6.07) is 38.4. The minimum absolute atomic E-state index is 0.922. The van der Waals surface area contributed by atoms with Gasteiger partial charge in [-0.3, -0.25) is 0 Å². The first-order valence-electron chi connectivity index (χ1n) is 11.0. The molecule has 0 bridgehead atoms. The van der Waals surface area contributed by atoms with Gasteiger partial charge in [0.25, 0.3) is 0 Å². The average molecular weight is 488 g/mol. The highest BCUT2D eigenvalue weighted by molar-refractivity contribution is 9.10. The van der Waals surface area contributed by atoms with Crippen LogP contribution >= 0.6 is 15.9 Å². The summed E-state index contributed by atoms with van der Waals surface area (Å²) >= 11 is 3.67. The lowest BCUT2D eigenvalue weighted by molar-refractivity contribution is 0.670. The minimum atomic E-state index is 0.922. The summed E-state index contributed by atoms with van der Waals surface area (Å²) in [6.07, 6.45) is 0. The van der Waals surface area contributed by atoms with Crippen LogP contribution in [0.5, 0.6) is 0 Å². The molecule has 0 radical (unpaired) electrons. The lowest BCUT2D eigenvalue weighted by Gasteiger charge is -2.08. The summed E-state index contributed by atoms with van der Waals surface area (Å²) < 4.78 is 9.73. The van der Waals surface area contributed by atoms with Gasteiger partial charge < -0.3 is 8.98 Å². The molecule has 7 aromatic rings. The summed E-state index contributed by atoms with van der Waals surface area (Å²) in [6.45, 7) is 0. The number of halogens is 1. The molecule has 0 fully saturated rings. The second kappa shape index (κ2) is 7.09. The Labute approximate surface area is 198 Å². The highest BCUT2D eigenvalue weighted by Gasteiger charge is 2.16. The van der Waals surface area contributed by atoms with Crippen molar-refractivity contribution in [2.24, 2.45) is 0 Å². The third kappa shape index (κ3) is 2.79. The summed E-state index contributed by atoms with van der Waals surface area (Å²) in [5.41, 5.74) is 7.66. The molecule has 33 heavy (non-hydrogen) atoms. The zero-order chi connectivity index (χ0) is 21.9. The Balaban J connectivity index is 1.55. The lowest BCUT2D eigenvalue weighted by Crippen LogP contribution is -1.92. The fraction of sp³-hybridized carbons (Fsp3) is 0. The first-order valence-corrected chi connectivity index (χ1v) is 11.8. The van der Waals surface area contributed by atoms with Crippen molar-refractivity contribution in [3.05, 3.63) is 114 Å². The fourth-order valence-corrected chi connectivity index (χ4v) is 5.35. The number of hydrogen-bond acceptors (Lipinski definition) is 1. The van der Waals surface area contributed by atoms with Crippen molar-refractivity contribution >= 4 is 59.7 Å². The Morgan fingerprint density at radius 1 is 0.576 bits per heavy atom. The van der Waals surface area contributed by atoms with Crippen LogP contribution in [0.25, 0.3) is 60.6 Å². The molecule has 2 heterocycles. The van der Waals surface area contributed by atoms with E-state index in [0.717, 1.165) is 43.2 Å². The maximum Gasteiger partial charge on any atom is 0.143 e. The smallest absolute Gasteiger partial charge is 0.143 e. The molecule has 5 aromatic carbocycles. The minimum Gasteiger partial charge on any atom is -0.455 e. The van der Waals surface area contributed by atoms with Gasteiger partial charge in [0.15, 0.2) is 0 Å². The SMILES string of the molecule is Brc1ccc2c(c1)c1cc(-c3cccc4c3oc3ccccc34)ccc1n2-c1ccccc1. The molecule has 2 aromatic heterocycles. The fourth-order valence-electron chi connectivity index (χ4n) is 4.99. The van der Waals surface area contributed by atoms with E-state index in [1.54, 1.807) is 0 Å². The Morgan fingerprint density at radius 3 is 2.18 bits per heavy atom. The van der Waals surface area contributed by atoms with Gasteiger partial charge in [-0.1, -0.05) is 76.6 Å². The standard InChI is InChI=1S/C30H18BrNO/c31-20-14-16-28-26(18-20)25-17-19(13-15-27(25)32(28)21-7-2-1-3-8-21)22-10-6-11-24-23-9-4-5-12-29(23)33-30(22)24/h1-18H. The van der Waals surface area contributed by atoms with Crippen molar-refractivity contribution in [1.29, 1.82) is 0 Å². The highest BCUT2D eigenvalue weighted by atomic mass is 79.9. The van der Waals surface area contributed by atoms with E-state index in [9.17, 15) is 0 Å². The first-order chi connectivity index (χ1) is 16.3. The molecule has 0 aliphatic heterocycles. The van der Waals surface area contributed by atoms with E-state index in [4.69, 9.17) is 4.42 Å². The molecule has 0 saturated heterocycles. The van der Waals surface area contributed by atoms with Crippen LogP contribution in [0.1, 0.15) is 0 Å². The molecular weight excluding hydrogens is 470 g/mol. The third-order valence-electron chi connectivity index (χ3n) is 6.46. The van der Waals surface area contributed by atoms with Crippen molar-refractivity contribution in [2.45, 2.75) is 0 Å². The van der Waals surface area contributed by atoms with Gasteiger partial charge in [-0.05, 0) is 54.1 Å². The second-order valence-corrected chi connectivity index (χ2v) is 9.26. The van der Waals surface area contributed by atoms with Crippen LogP contribution in [-0.2, 0) is 0 Å². The number of hydrogen-bond donors (Lipinski definition) is 0. The number of benzene rings is 5. The molecule has 0 aliphatic rings. The number of aromatic nitrogens is 1. The topological polar surface area (TPSA) is 18.1 Å². The third-order valence-corrected chi connectivity index (χ3v) is 6.95. The number of rotatable bonds is 2. The Kier molecular flexibility index (Phi) is 4.02. The lowest BCUT2D eigenvalue weighted by atomic mass is 10.0. The van der Waals surface area contributed by atoms with E-state index in [-0.39, 0.29) is 0 Å². The van der Waals surface area contributed by atoms with Gasteiger partial charge in [-0.2, -0.15) is 0 Å². The van der Waals surface area contributed by atoms with Gasteiger partial charge in [0, 0.05) is 37.3 Å². The van der Waals surface area contributed by atoms with Crippen LogP contribution in [0.3, 0.4) is 0 Å². The van der Waals surface area contributed by atoms with Gasteiger partial charge >= 0.3 is 0 Å². The zero-order valence-electron chi connectivity index (χ0n) is 17.6. The highest BCUT2D eigenvalue weighted by Crippen LogP contribution is 2.39. The zero-order valence-corrected chi connectivity index (χ0v) is 19.2. The van der Waals surface area contributed by atoms with Crippen LogP contribution < -0.4 is 0 Å². The van der Waals surface area contributed by atoms with E-state index in [1.807, 2.05) is 12.1 Å². The molecule has 0 N–H and O–H groups in total. The monoisotopic (exact) mass is 487 g/mol. The quantitative estimate of drug-likeness (QED) is 0.237. The number of fused-ring (bicyclic) bond motifs is 6. The van der Waals surface area contributed by atoms with E-state index >= 15 is 0 Å². The van der Waals surface area contributed by atoms with Crippen LogP contribution in [0.15, 0.2) is 118 Å². The van der Waals surface area contributed by atoms with Crippen molar-refractivity contribution in [1.82, 2.24) is 4.57 Å². The van der Waals surface area contributed by atoms with Crippen LogP contribution in [0, 0.1) is 0 Å². The summed E-state index contributed by atoms with van der Waals surface area (Å²) in [4.78, 5) is 0. The van der Waals surface area contributed by atoms with Crippen LogP contribution in [0.2, 0.25) is 0 Å². The predicted octanol–water partition coefficient (Wildman–Crippen LogP) is 9.11. The van der Waals surface area contributed by atoms with Gasteiger partial charge in [0.2, 0.25) is 0 Å². The molecule has 3 heteroatoms. The summed E-state index contributed by atoms with van der Waals surface area (Å²) in [7, 11) is 0. The molecule has 0 aliphatic carbocycles. The Bertz CT molecular complexity index is 1830. The molecule has 2 nitrogen and oxygen atoms in total. The largest absolute Gasteiger partial charge is 0.455 e. The van der Waals surface area contributed by atoms with E-state index in [1.165, 1.54) is 21.8 Å². The maximum absolute atomic E-state index is 6.32. The van der Waals surface area contributed by atoms with Gasteiger partial charge in [0.1, 0.15) is 11.2 Å². The van der Waals surface area contributed by atoms with Crippen molar-refractivity contribution < 1.29 is 4.42 Å². The summed E-state index contributed by atoms with van der Waals surface area (Å²) in [5.74, 6) is 0. The maximum atomic E-state index is 6.32. The van der Waals surface area contributed by atoms with Gasteiger partial charge in [-0.15, -0.1) is 0 Å². The van der Waals surface area contributed by atoms with Crippen molar-refractivity contribution in [3.8, 4) is 16.8 Å². The van der Waals surface area contributed by atoms with Crippen LogP contribution in [0.4, 0.5) is 0 Å². The molecule has 156 valence electrons. The van der Waals surface area contributed by atoms with Gasteiger partial charge in [-0.25, -0.2) is 0 Å². The number of furan rings is 1. The molecular formula is C30H18BrNO. The Hall–Kier alpha value is -3.82. The Morgan fingerprint density at radius 2 is 1.30 bits per heavy atom. The molecule has 0 atom stereocenters. The second-order valence-electron chi connectivity index (χ2n) is 8.34. The van der Waals surface area contributed by atoms with E-state index in [0.29, 0.717) is 0 Å². The molecule has 0 saturated carbocycles. The van der Waals surface area contributed by atoms with E-state index in [2.05, 4.69) is 118 Å². The van der Waals surface area contributed by atoms with E-state index < -0.39 is 0 Å². The van der Waals surface area contributed by atoms with Crippen molar-refractivity contribution in [3.63, 3.8) is 0 Å². The predicted molar refractivity (Wildman–Crippen MR) is 141 cm³/mol. The summed E-state index contributed by atoms with van der Waals surface area (Å²) in [5, 5.41) is 4.75. The van der Waals surface area contributed by atoms with Crippen molar-refractivity contribution in [2.75, 3.05) is 0 Å². The molecule has 0 spiro atoms. The van der Waals surface area contributed by atoms with Crippen LogP contribution in [-0.4, -0.2) is 4.57 Å². The molecule has 7 rings (SSSR count). The molecule has 0 unspecified atom stereocenters. The normalized spacial score (nSPS) is 11.8. The average Bonchev–Trinajstić information content (AvgIpc) is 3.39. The number of para-hydroxylation sites is 3. The van der Waals surface area contributed by atoms with Gasteiger partial charge in [0.05, 0.1) is 11.0 Å². The number of nitrogens with zero attached hydrogens (tertiary/aromatic N) is 1. The first kappa shape index (κ1) is 18.7.